The van der Waals surface area contributed by atoms with E-state index in [0.717, 1.165) is 27.3 Å². The van der Waals surface area contributed by atoms with Gasteiger partial charge in [0.1, 0.15) is 22.4 Å². The molecule has 1 atom stereocenters. The molecule has 0 saturated carbocycles. The fourth-order valence-corrected chi connectivity index (χ4v) is 6.35. The summed E-state index contributed by atoms with van der Waals surface area (Å²) >= 11 is 7.38. The van der Waals surface area contributed by atoms with Gasteiger partial charge in [-0.25, -0.2) is 4.79 Å². The lowest BCUT2D eigenvalue weighted by Crippen LogP contribution is -2.28. The summed E-state index contributed by atoms with van der Waals surface area (Å²) in [7, 11) is 1.60. The van der Waals surface area contributed by atoms with E-state index in [1.807, 2.05) is 24.3 Å². The van der Waals surface area contributed by atoms with Crippen molar-refractivity contribution in [2.24, 2.45) is 10.2 Å². The summed E-state index contributed by atoms with van der Waals surface area (Å²) in [6, 6.07) is 13.9. The third-order valence-electron chi connectivity index (χ3n) is 6.91. The van der Waals surface area contributed by atoms with Crippen LogP contribution in [0, 0.1) is 0 Å². The number of benzene rings is 2. The van der Waals surface area contributed by atoms with Crippen molar-refractivity contribution < 1.29 is 14.3 Å². The smallest absolute Gasteiger partial charge is 0.341 e. The zero-order chi connectivity index (χ0) is 28.0. The van der Waals surface area contributed by atoms with Crippen molar-refractivity contribution in [1.82, 2.24) is 9.78 Å². The number of aromatic nitrogens is 2. The topological polar surface area (TPSA) is 136 Å². The van der Waals surface area contributed by atoms with Gasteiger partial charge in [0, 0.05) is 26.7 Å². The number of rotatable bonds is 6. The maximum atomic E-state index is 13.3. The van der Waals surface area contributed by atoms with Crippen LogP contribution in [0.2, 0.25) is 5.02 Å². The van der Waals surface area contributed by atoms with Crippen LogP contribution >= 0.6 is 22.9 Å². The number of aryl methyl sites for hydroxylation is 1. The molecule has 0 fully saturated rings. The Morgan fingerprint density at radius 1 is 1.15 bits per heavy atom. The second-order valence-electron chi connectivity index (χ2n) is 9.24. The fourth-order valence-electron chi connectivity index (χ4n) is 5.16. The molecule has 10 nitrogen and oxygen atoms in total. The molecule has 3 heterocycles. The third kappa shape index (κ3) is 4.37. The molecule has 1 aliphatic carbocycles. The SMILES string of the molecule is CCOC(=O)c1c(N)sc2c1C1=C(CC2)Nc2c(N=Nc3ccc(Cl)cc3)c(=O)[nH]n2C1c1ccc(OC)cc1. The molecule has 12 heteroatoms. The first kappa shape index (κ1) is 25.9. The van der Waals surface area contributed by atoms with Crippen LogP contribution in [0.5, 0.6) is 5.75 Å². The average molecular weight is 577 g/mol. The first-order chi connectivity index (χ1) is 19.4. The molecule has 1 aliphatic heterocycles. The van der Waals surface area contributed by atoms with E-state index in [9.17, 15) is 9.59 Å². The highest BCUT2D eigenvalue weighted by Gasteiger charge is 2.40. The third-order valence-corrected chi connectivity index (χ3v) is 8.24. The molecule has 2 aromatic carbocycles. The molecule has 40 heavy (non-hydrogen) atoms. The van der Waals surface area contributed by atoms with Crippen LogP contribution in [-0.2, 0) is 11.2 Å². The number of allylic oxidation sites excluding steroid dienone is 2. The van der Waals surface area contributed by atoms with Crippen molar-refractivity contribution in [2.45, 2.75) is 25.8 Å². The highest BCUT2D eigenvalue weighted by Crippen LogP contribution is 2.51. The minimum absolute atomic E-state index is 0.140. The predicted molar refractivity (Wildman–Crippen MR) is 155 cm³/mol. The number of aromatic amines is 1. The molecule has 6 rings (SSSR count). The van der Waals surface area contributed by atoms with Gasteiger partial charge in [0.2, 0.25) is 0 Å². The van der Waals surface area contributed by atoms with E-state index in [-0.39, 0.29) is 12.3 Å². The van der Waals surface area contributed by atoms with Gasteiger partial charge in [0.25, 0.3) is 5.56 Å². The van der Waals surface area contributed by atoms with Gasteiger partial charge < -0.3 is 20.5 Å². The van der Waals surface area contributed by atoms with Crippen molar-refractivity contribution >= 4 is 56.7 Å². The fraction of sp³-hybridized carbons (Fsp3) is 0.214. The summed E-state index contributed by atoms with van der Waals surface area (Å²) in [5, 5.41) is 15.9. The van der Waals surface area contributed by atoms with Gasteiger partial charge in [-0.1, -0.05) is 23.7 Å². The van der Waals surface area contributed by atoms with Crippen LogP contribution < -0.4 is 21.3 Å². The van der Waals surface area contributed by atoms with Gasteiger partial charge in [0.15, 0.2) is 11.5 Å². The van der Waals surface area contributed by atoms with E-state index in [0.29, 0.717) is 45.7 Å². The lowest BCUT2D eigenvalue weighted by molar-refractivity contribution is 0.0527. The van der Waals surface area contributed by atoms with Crippen LogP contribution in [0.15, 0.2) is 69.3 Å². The molecule has 0 spiro atoms. The van der Waals surface area contributed by atoms with Crippen LogP contribution in [0.1, 0.15) is 45.7 Å². The molecule has 0 amide bonds. The van der Waals surface area contributed by atoms with Gasteiger partial charge in [-0.05, 0) is 61.7 Å². The molecule has 4 aromatic rings. The Morgan fingerprint density at radius 2 is 1.90 bits per heavy atom. The van der Waals surface area contributed by atoms with E-state index in [1.54, 1.807) is 43.0 Å². The number of hydrogen-bond acceptors (Lipinski definition) is 9. The molecular weight excluding hydrogens is 552 g/mol. The molecule has 1 unspecified atom stereocenters. The number of carbonyl (C=O) groups is 1. The van der Waals surface area contributed by atoms with Crippen molar-refractivity contribution in [3.05, 3.63) is 91.2 Å². The van der Waals surface area contributed by atoms with Crippen molar-refractivity contribution in [2.75, 3.05) is 24.8 Å². The molecule has 204 valence electrons. The Hall–Kier alpha value is -4.35. The second kappa shape index (κ2) is 10.3. The van der Waals surface area contributed by atoms with Crippen molar-refractivity contribution in [1.29, 1.82) is 0 Å². The van der Waals surface area contributed by atoms with Crippen LogP contribution in [0.25, 0.3) is 5.57 Å². The number of nitrogen functional groups attached to an aromatic ring is 1. The number of azo groups is 1. The first-order valence-electron chi connectivity index (χ1n) is 12.6. The van der Waals surface area contributed by atoms with E-state index < -0.39 is 17.6 Å². The number of nitrogens with two attached hydrogens (primary N) is 1. The zero-order valence-corrected chi connectivity index (χ0v) is 23.2. The van der Waals surface area contributed by atoms with Crippen molar-refractivity contribution in [3.63, 3.8) is 0 Å². The number of anilines is 2. The summed E-state index contributed by atoms with van der Waals surface area (Å²) < 4.78 is 12.5. The maximum Gasteiger partial charge on any atom is 0.341 e. The maximum absolute atomic E-state index is 13.3. The number of methoxy groups -OCH3 is 1. The Balaban J connectivity index is 1.54. The standard InChI is InChI=1S/C28H25ClN6O4S/c1-3-39-28(37)22-21-19(40-25(22)30)13-12-18-20(21)24(14-4-10-17(38-2)11-5-14)35-26(31-18)23(27(36)34-35)33-32-16-8-6-15(29)7-9-16/h4-11,24,31H,3,12-13,30H2,1-2H3,(H,34,36). The van der Waals surface area contributed by atoms with Gasteiger partial charge in [-0.15, -0.1) is 16.5 Å². The number of carbonyl (C=O) groups excluding carboxylic acids is 1. The van der Waals surface area contributed by atoms with Crippen molar-refractivity contribution in [3.8, 4) is 5.75 Å². The van der Waals surface area contributed by atoms with Gasteiger partial charge in [-0.2, -0.15) is 5.11 Å². The average Bonchev–Trinajstić information content (AvgIpc) is 3.46. The Morgan fingerprint density at radius 3 is 2.60 bits per heavy atom. The van der Waals surface area contributed by atoms with E-state index >= 15 is 0 Å². The number of hydrogen-bond donors (Lipinski definition) is 3. The number of nitrogens with one attached hydrogen (secondary N) is 2. The molecule has 4 N–H and O–H groups in total. The lowest BCUT2D eigenvalue weighted by Gasteiger charge is -2.35. The molecule has 0 radical (unpaired) electrons. The molecule has 0 saturated heterocycles. The molecule has 2 aliphatic rings. The van der Waals surface area contributed by atoms with E-state index in [2.05, 4.69) is 20.6 Å². The highest BCUT2D eigenvalue weighted by atomic mass is 35.5. The summed E-state index contributed by atoms with van der Waals surface area (Å²) in [6.45, 7) is 1.99. The minimum atomic E-state index is -0.495. The Kier molecular flexibility index (Phi) is 6.68. The van der Waals surface area contributed by atoms with Crippen LogP contribution in [-0.4, -0.2) is 29.5 Å². The Labute approximate surface area is 238 Å². The predicted octanol–water partition coefficient (Wildman–Crippen LogP) is 6.45. The summed E-state index contributed by atoms with van der Waals surface area (Å²) in [6.07, 6.45) is 1.34. The van der Waals surface area contributed by atoms with Gasteiger partial charge >= 0.3 is 5.97 Å². The zero-order valence-electron chi connectivity index (χ0n) is 21.7. The van der Waals surface area contributed by atoms with Gasteiger partial charge in [-0.3, -0.25) is 14.6 Å². The van der Waals surface area contributed by atoms with Crippen LogP contribution in [0.4, 0.5) is 22.2 Å². The minimum Gasteiger partial charge on any atom is -0.497 e. The normalized spacial score (nSPS) is 15.8. The monoisotopic (exact) mass is 576 g/mol. The second-order valence-corrected chi connectivity index (χ2v) is 10.8. The highest BCUT2D eigenvalue weighted by molar-refractivity contribution is 7.16. The number of nitrogens with zero attached hydrogens (tertiary/aromatic N) is 3. The summed E-state index contributed by atoms with van der Waals surface area (Å²) in [5.74, 6) is 0.706. The van der Waals surface area contributed by atoms with E-state index in [4.69, 9.17) is 26.8 Å². The quantitative estimate of drug-likeness (QED) is 0.178. The number of halogens is 1. The number of H-pyrrole nitrogens is 1. The number of thiophene rings is 1. The summed E-state index contributed by atoms with van der Waals surface area (Å²) in [5.41, 5.74) is 10.4. The number of ether oxygens (including phenoxy) is 2. The first-order valence-corrected chi connectivity index (χ1v) is 13.8. The molecular formula is C28H25ClN6O4S. The van der Waals surface area contributed by atoms with E-state index in [1.165, 1.54) is 11.3 Å². The largest absolute Gasteiger partial charge is 0.497 e. The Bertz CT molecular complexity index is 1730. The molecule has 0 bridgehead atoms. The lowest BCUT2D eigenvalue weighted by atomic mass is 9.83. The summed E-state index contributed by atoms with van der Waals surface area (Å²) in [4.78, 5) is 27.3. The molecule has 2 aromatic heterocycles. The van der Waals surface area contributed by atoms with Crippen LogP contribution in [0.3, 0.4) is 0 Å². The number of esters is 1. The van der Waals surface area contributed by atoms with Gasteiger partial charge in [0.05, 0.1) is 19.4 Å². The number of fused-ring (bicyclic) bond motifs is 3.